The van der Waals surface area contributed by atoms with E-state index in [1.54, 1.807) is 12.4 Å². The van der Waals surface area contributed by atoms with Crippen LogP contribution in [0.15, 0.2) is 18.5 Å². The summed E-state index contributed by atoms with van der Waals surface area (Å²) in [6.07, 6.45) is 5.92. The average molecular weight is 382 g/mol. The Morgan fingerprint density at radius 3 is 2.54 bits per heavy atom. The number of carbonyl (C=O) groups excluding carboxylic acids is 1. The lowest BCUT2D eigenvalue weighted by molar-refractivity contribution is -0.136. The van der Waals surface area contributed by atoms with Crippen LogP contribution in [-0.4, -0.2) is 79.7 Å². The van der Waals surface area contributed by atoms with Crippen LogP contribution in [0.5, 0.6) is 0 Å². The summed E-state index contributed by atoms with van der Waals surface area (Å²) in [5, 5.41) is 4.65. The number of fused-ring (bicyclic) bond motifs is 1. The molecule has 2 aromatic rings. The van der Waals surface area contributed by atoms with E-state index in [2.05, 4.69) is 31.8 Å². The van der Waals surface area contributed by atoms with Crippen molar-refractivity contribution >= 4 is 11.9 Å². The van der Waals surface area contributed by atoms with Crippen LogP contribution < -0.4 is 4.90 Å². The fraction of sp³-hybridized carbons (Fsp3) is 0.632. The van der Waals surface area contributed by atoms with Crippen molar-refractivity contribution in [3.8, 4) is 0 Å². The summed E-state index contributed by atoms with van der Waals surface area (Å²) in [5.74, 6) is 3.39. The Balaban J connectivity index is 1.18. The van der Waals surface area contributed by atoms with Gasteiger partial charge in [-0.1, -0.05) is 0 Å². The highest BCUT2D eigenvalue weighted by molar-refractivity contribution is 5.78. The normalized spacial score (nSPS) is 23.0. The predicted molar refractivity (Wildman–Crippen MR) is 103 cm³/mol. The van der Waals surface area contributed by atoms with Gasteiger partial charge in [0.1, 0.15) is 5.82 Å². The third kappa shape index (κ3) is 3.34. The molecule has 4 heterocycles. The predicted octanol–water partition coefficient (Wildman–Crippen LogP) is 0.671. The summed E-state index contributed by atoms with van der Waals surface area (Å²) in [4.78, 5) is 32.7. The number of anilines is 1. The summed E-state index contributed by atoms with van der Waals surface area (Å²) in [6, 6.07) is 1.81. The first-order valence-corrected chi connectivity index (χ1v) is 10.2. The zero-order valence-electron chi connectivity index (χ0n) is 16.2. The summed E-state index contributed by atoms with van der Waals surface area (Å²) in [5.41, 5.74) is 0. The molecule has 1 atom stereocenters. The SMILES string of the molecule is C[C@@H]1c2nc(C3CC3)nn2CCN1C(=O)CN1CCN(c2ncccn2)CC1. The van der Waals surface area contributed by atoms with Gasteiger partial charge in [0.25, 0.3) is 0 Å². The number of amides is 1. The van der Waals surface area contributed by atoms with Crippen LogP contribution in [0.1, 0.15) is 43.4 Å². The van der Waals surface area contributed by atoms with Crippen molar-refractivity contribution in [2.45, 2.75) is 38.3 Å². The van der Waals surface area contributed by atoms with Crippen LogP contribution in [0.25, 0.3) is 0 Å². The Morgan fingerprint density at radius 1 is 1.07 bits per heavy atom. The van der Waals surface area contributed by atoms with Gasteiger partial charge in [0, 0.05) is 51.0 Å². The summed E-state index contributed by atoms with van der Waals surface area (Å²) < 4.78 is 2.00. The minimum Gasteiger partial charge on any atom is -0.338 e. The molecule has 0 unspecified atom stereocenters. The topological polar surface area (TPSA) is 83.3 Å². The van der Waals surface area contributed by atoms with E-state index in [-0.39, 0.29) is 11.9 Å². The van der Waals surface area contributed by atoms with Crippen LogP contribution in [0.2, 0.25) is 0 Å². The van der Waals surface area contributed by atoms with Gasteiger partial charge >= 0.3 is 0 Å². The summed E-state index contributed by atoms with van der Waals surface area (Å²) in [7, 11) is 0. The van der Waals surface area contributed by atoms with Gasteiger partial charge in [0.05, 0.1) is 19.1 Å². The number of rotatable bonds is 4. The van der Waals surface area contributed by atoms with E-state index < -0.39 is 0 Å². The highest BCUT2D eigenvalue weighted by Crippen LogP contribution is 2.39. The lowest BCUT2D eigenvalue weighted by atomic mass is 10.2. The number of carbonyl (C=O) groups is 1. The Labute approximate surface area is 164 Å². The van der Waals surface area contributed by atoms with Crippen LogP contribution in [0.3, 0.4) is 0 Å². The minimum absolute atomic E-state index is 0.0137. The third-order valence-corrected chi connectivity index (χ3v) is 5.94. The van der Waals surface area contributed by atoms with Gasteiger partial charge in [0.15, 0.2) is 5.82 Å². The zero-order chi connectivity index (χ0) is 19.1. The van der Waals surface area contributed by atoms with Crippen molar-refractivity contribution in [2.24, 2.45) is 0 Å². The smallest absolute Gasteiger partial charge is 0.237 e. The second kappa shape index (κ2) is 7.12. The molecule has 5 rings (SSSR count). The first-order chi connectivity index (χ1) is 13.7. The fourth-order valence-corrected chi connectivity index (χ4v) is 4.08. The molecule has 1 saturated heterocycles. The van der Waals surface area contributed by atoms with Crippen LogP contribution in [0, 0.1) is 0 Å². The van der Waals surface area contributed by atoms with Gasteiger partial charge in [0.2, 0.25) is 11.9 Å². The van der Waals surface area contributed by atoms with Gasteiger partial charge in [-0.25, -0.2) is 19.6 Å². The standard InChI is InChI=1S/C19H26N8O/c1-14-18-22-17(15-3-4-15)23-27(18)12-11-26(14)16(28)13-24-7-9-25(10-8-24)19-20-5-2-6-21-19/h2,5-6,14-15H,3-4,7-13H2,1H3/t14-/m1/s1. The Bertz CT molecular complexity index is 841. The molecule has 1 amide bonds. The molecule has 9 heteroatoms. The number of piperazine rings is 1. The maximum atomic E-state index is 13.0. The quantitative estimate of drug-likeness (QED) is 0.768. The second-order valence-electron chi connectivity index (χ2n) is 7.90. The average Bonchev–Trinajstić information content (AvgIpc) is 3.48. The molecule has 2 aliphatic heterocycles. The molecule has 1 saturated carbocycles. The van der Waals surface area contributed by atoms with E-state index in [1.807, 2.05) is 15.6 Å². The van der Waals surface area contributed by atoms with Gasteiger partial charge in [-0.05, 0) is 25.8 Å². The molecular weight excluding hydrogens is 356 g/mol. The Kier molecular flexibility index (Phi) is 4.46. The molecule has 0 radical (unpaired) electrons. The van der Waals surface area contributed by atoms with Crippen LogP contribution >= 0.6 is 0 Å². The molecular formula is C19H26N8O. The van der Waals surface area contributed by atoms with E-state index in [0.29, 0.717) is 19.0 Å². The number of hydrogen-bond acceptors (Lipinski definition) is 7. The fourth-order valence-electron chi connectivity index (χ4n) is 4.08. The lowest BCUT2D eigenvalue weighted by Gasteiger charge is -2.37. The largest absolute Gasteiger partial charge is 0.338 e. The molecule has 28 heavy (non-hydrogen) atoms. The van der Waals surface area contributed by atoms with E-state index in [1.165, 1.54) is 12.8 Å². The lowest BCUT2D eigenvalue weighted by Crippen LogP contribution is -2.52. The van der Waals surface area contributed by atoms with Gasteiger partial charge in [-0.15, -0.1) is 0 Å². The van der Waals surface area contributed by atoms with Crippen molar-refractivity contribution in [1.29, 1.82) is 0 Å². The molecule has 0 bridgehead atoms. The molecule has 2 fully saturated rings. The molecule has 0 spiro atoms. The maximum absolute atomic E-state index is 13.0. The summed E-state index contributed by atoms with van der Waals surface area (Å²) in [6.45, 7) is 7.33. The number of hydrogen-bond donors (Lipinski definition) is 0. The maximum Gasteiger partial charge on any atom is 0.237 e. The first-order valence-electron chi connectivity index (χ1n) is 10.2. The second-order valence-corrected chi connectivity index (χ2v) is 7.90. The number of nitrogens with zero attached hydrogens (tertiary/aromatic N) is 8. The summed E-state index contributed by atoms with van der Waals surface area (Å²) >= 11 is 0. The first kappa shape index (κ1) is 17.5. The Hall–Kier alpha value is -2.55. The minimum atomic E-state index is -0.0137. The molecule has 1 aliphatic carbocycles. The molecule has 2 aromatic heterocycles. The van der Waals surface area contributed by atoms with Crippen LogP contribution in [-0.2, 0) is 11.3 Å². The van der Waals surface area contributed by atoms with E-state index >= 15 is 0 Å². The molecule has 0 aromatic carbocycles. The van der Waals surface area contributed by atoms with E-state index in [0.717, 1.165) is 50.3 Å². The van der Waals surface area contributed by atoms with Crippen molar-refractivity contribution in [3.63, 3.8) is 0 Å². The van der Waals surface area contributed by atoms with Gasteiger partial charge in [-0.2, -0.15) is 5.10 Å². The highest BCUT2D eigenvalue weighted by Gasteiger charge is 2.35. The van der Waals surface area contributed by atoms with Crippen molar-refractivity contribution in [2.75, 3.05) is 44.2 Å². The third-order valence-electron chi connectivity index (χ3n) is 5.94. The zero-order valence-corrected chi connectivity index (χ0v) is 16.2. The highest BCUT2D eigenvalue weighted by atomic mass is 16.2. The van der Waals surface area contributed by atoms with E-state index in [4.69, 9.17) is 4.98 Å². The van der Waals surface area contributed by atoms with Gasteiger partial charge in [-0.3, -0.25) is 9.69 Å². The Morgan fingerprint density at radius 2 is 1.82 bits per heavy atom. The van der Waals surface area contributed by atoms with Crippen LogP contribution in [0.4, 0.5) is 5.95 Å². The number of aromatic nitrogens is 5. The monoisotopic (exact) mass is 382 g/mol. The molecule has 0 N–H and O–H groups in total. The molecule has 3 aliphatic rings. The molecule has 148 valence electrons. The molecule has 9 nitrogen and oxygen atoms in total. The van der Waals surface area contributed by atoms with Crippen molar-refractivity contribution in [3.05, 3.63) is 30.1 Å². The van der Waals surface area contributed by atoms with Gasteiger partial charge < -0.3 is 9.80 Å². The van der Waals surface area contributed by atoms with Crippen molar-refractivity contribution < 1.29 is 4.79 Å². The van der Waals surface area contributed by atoms with E-state index in [9.17, 15) is 4.79 Å². The van der Waals surface area contributed by atoms with Crippen molar-refractivity contribution in [1.82, 2.24) is 34.5 Å².